The van der Waals surface area contributed by atoms with Crippen molar-refractivity contribution in [3.05, 3.63) is 28.7 Å². The Morgan fingerprint density at radius 2 is 2.30 bits per heavy atom. The molecular formula is C14H16ClFN2O2. The predicted molar refractivity (Wildman–Crippen MR) is 76.9 cm³/mol. The number of H-pyrrole nitrogens is 1. The number of aromatic amines is 1. The van der Waals surface area contributed by atoms with Crippen molar-refractivity contribution in [1.82, 2.24) is 10.3 Å². The Hall–Kier alpha value is -1.75. The Morgan fingerprint density at radius 1 is 1.60 bits per heavy atom. The molecule has 0 fully saturated rings. The Kier molecular flexibility index (Phi) is 4.18. The maximum Gasteiger partial charge on any atom is 0.216 e. The van der Waals surface area contributed by atoms with Crippen LogP contribution in [-0.4, -0.2) is 24.5 Å². The molecule has 0 aliphatic heterocycles. The molecule has 0 radical (unpaired) electrons. The third-order valence-electron chi connectivity index (χ3n) is 3.26. The summed E-state index contributed by atoms with van der Waals surface area (Å²) in [6.07, 6.45) is 1.78. The summed E-state index contributed by atoms with van der Waals surface area (Å²) < 4.78 is 18.9. The van der Waals surface area contributed by atoms with Gasteiger partial charge in [0.2, 0.25) is 5.91 Å². The summed E-state index contributed by atoms with van der Waals surface area (Å²) in [7, 11) is 1.40. The molecule has 0 bridgehead atoms. The van der Waals surface area contributed by atoms with Crippen molar-refractivity contribution in [3.8, 4) is 5.75 Å². The van der Waals surface area contributed by atoms with Gasteiger partial charge in [-0.15, -0.1) is 0 Å². The number of hydrogen-bond acceptors (Lipinski definition) is 2. The second-order valence-electron chi connectivity index (χ2n) is 4.71. The molecule has 1 aromatic carbocycles. The van der Waals surface area contributed by atoms with E-state index in [4.69, 9.17) is 16.3 Å². The fourth-order valence-corrected chi connectivity index (χ4v) is 2.41. The van der Waals surface area contributed by atoms with Crippen molar-refractivity contribution in [2.24, 2.45) is 0 Å². The van der Waals surface area contributed by atoms with Crippen molar-refractivity contribution >= 4 is 28.4 Å². The molecule has 0 saturated carbocycles. The van der Waals surface area contributed by atoms with Crippen LogP contribution in [0.4, 0.5) is 4.39 Å². The van der Waals surface area contributed by atoms with Crippen LogP contribution in [0.25, 0.3) is 10.9 Å². The van der Waals surface area contributed by atoms with E-state index in [-0.39, 0.29) is 22.6 Å². The molecule has 0 aliphatic carbocycles. The molecule has 1 unspecified atom stereocenters. The number of halogens is 2. The summed E-state index contributed by atoms with van der Waals surface area (Å²) in [5.41, 5.74) is 1.49. The summed E-state index contributed by atoms with van der Waals surface area (Å²) >= 11 is 6.00. The minimum absolute atomic E-state index is 0.0114. The van der Waals surface area contributed by atoms with E-state index in [0.717, 1.165) is 10.9 Å². The number of hydrogen-bond donors (Lipinski definition) is 2. The number of rotatable bonds is 4. The van der Waals surface area contributed by atoms with Gasteiger partial charge < -0.3 is 15.0 Å². The molecule has 0 saturated heterocycles. The van der Waals surface area contributed by atoms with Gasteiger partial charge in [0.05, 0.1) is 12.6 Å². The second kappa shape index (κ2) is 5.71. The van der Waals surface area contributed by atoms with Gasteiger partial charge in [-0.1, -0.05) is 18.5 Å². The summed E-state index contributed by atoms with van der Waals surface area (Å²) in [4.78, 5) is 13.9. The van der Waals surface area contributed by atoms with Crippen LogP contribution in [0.5, 0.6) is 5.75 Å². The maximum absolute atomic E-state index is 13.9. The lowest BCUT2D eigenvalue weighted by molar-refractivity contribution is -0.119. The van der Waals surface area contributed by atoms with E-state index in [0.29, 0.717) is 12.1 Å². The number of carbonyl (C=O) groups is 1. The maximum atomic E-state index is 13.9. The van der Waals surface area contributed by atoms with Crippen LogP contribution in [0.2, 0.25) is 5.02 Å². The zero-order valence-corrected chi connectivity index (χ0v) is 12.3. The molecule has 1 amide bonds. The van der Waals surface area contributed by atoms with E-state index in [2.05, 4.69) is 10.3 Å². The molecular weight excluding hydrogens is 283 g/mol. The van der Waals surface area contributed by atoms with Gasteiger partial charge in [-0.05, 0) is 11.6 Å². The lowest BCUT2D eigenvalue weighted by Crippen LogP contribution is -2.24. The van der Waals surface area contributed by atoms with Crippen LogP contribution in [0.15, 0.2) is 12.3 Å². The Labute approximate surface area is 121 Å². The van der Waals surface area contributed by atoms with E-state index >= 15 is 0 Å². The average molecular weight is 299 g/mol. The predicted octanol–water partition coefficient (Wildman–Crippen LogP) is 3.21. The van der Waals surface area contributed by atoms with Gasteiger partial charge in [0.15, 0.2) is 11.6 Å². The van der Waals surface area contributed by atoms with Gasteiger partial charge in [0, 0.05) is 31.0 Å². The van der Waals surface area contributed by atoms with Gasteiger partial charge in [-0.25, -0.2) is 4.39 Å². The van der Waals surface area contributed by atoms with E-state index in [1.165, 1.54) is 14.0 Å². The topological polar surface area (TPSA) is 54.1 Å². The molecule has 2 aromatic rings. The SMILES string of the molecule is COc1cc2c(C(C)CNC(C)=O)c[nH]c2c(Cl)c1F. The van der Waals surface area contributed by atoms with Gasteiger partial charge >= 0.3 is 0 Å². The number of carbonyl (C=O) groups excluding carboxylic acids is 1. The highest BCUT2D eigenvalue weighted by molar-refractivity contribution is 6.35. The summed E-state index contributed by atoms with van der Waals surface area (Å²) in [6.45, 7) is 3.94. The number of aromatic nitrogens is 1. The van der Waals surface area contributed by atoms with Crippen LogP contribution in [0.3, 0.4) is 0 Å². The average Bonchev–Trinajstić information content (AvgIpc) is 2.83. The fraction of sp³-hybridized carbons (Fsp3) is 0.357. The van der Waals surface area contributed by atoms with Crippen LogP contribution < -0.4 is 10.1 Å². The molecule has 108 valence electrons. The highest BCUT2D eigenvalue weighted by atomic mass is 35.5. The minimum atomic E-state index is -0.579. The number of methoxy groups -OCH3 is 1. The van der Waals surface area contributed by atoms with Gasteiger partial charge in [0.25, 0.3) is 0 Å². The standard InChI is InChI=1S/C14H16ClFN2O2/c1-7(5-17-8(2)19)10-6-18-14-9(10)4-11(20-3)13(16)12(14)15/h4,6-7,18H,5H2,1-3H3,(H,17,19). The van der Waals surface area contributed by atoms with E-state index in [1.54, 1.807) is 12.3 Å². The van der Waals surface area contributed by atoms with Crippen LogP contribution in [0.1, 0.15) is 25.3 Å². The van der Waals surface area contributed by atoms with Crippen LogP contribution >= 0.6 is 11.6 Å². The van der Waals surface area contributed by atoms with Crippen LogP contribution in [-0.2, 0) is 4.79 Å². The highest BCUT2D eigenvalue weighted by Gasteiger charge is 2.18. The first-order chi connectivity index (χ1) is 9.45. The first kappa shape index (κ1) is 14.7. The molecule has 2 rings (SSSR count). The lowest BCUT2D eigenvalue weighted by Gasteiger charge is -2.12. The first-order valence-corrected chi connectivity index (χ1v) is 6.60. The van der Waals surface area contributed by atoms with Crippen LogP contribution in [0, 0.1) is 5.82 Å². The molecule has 1 heterocycles. The van der Waals surface area contributed by atoms with E-state index in [9.17, 15) is 9.18 Å². The van der Waals surface area contributed by atoms with Crippen molar-refractivity contribution in [3.63, 3.8) is 0 Å². The third-order valence-corrected chi connectivity index (χ3v) is 3.62. The lowest BCUT2D eigenvalue weighted by atomic mass is 10.00. The van der Waals surface area contributed by atoms with Crippen molar-refractivity contribution in [1.29, 1.82) is 0 Å². The van der Waals surface area contributed by atoms with Crippen molar-refractivity contribution in [2.45, 2.75) is 19.8 Å². The quantitative estimate of drug-likeness (QED) is 0.910. The van der Waals surface area contributed by atoms with Crippen molar-refractivity contribution in [2.75, 3.05) is 13.7 Å². The molecule has 0 aliphatic rings. The zero-order valence-electron chi connectivity index (χ0n) is 11.5. The molecule has 4 nitrogen and oxygen atoms in total. The van der Waals surface area contributed by atoms with Crippen molar-refractivity contribution < 1.29 is 13.9 Å². The number of fused-ring (bicyclic) bond motifs is 1. The molecule has 1 aromatic heterocycles. The molecule has 0 spiro atoms. The van der Waals surface area contributed by atoms with Gasteiger partial charge in [-0.2, -0.15) is 0 Å². The van der Waals surface area contributed by atoms with Gasteiger partial charge in [0.1, 0.15) is 5.02 Å². The zero-order chi connectivity index (χ0) is 14.9. The number of benzene rings is 1. The Bertz CT molecular complexity index is 654. The van der Waals surface area contributed by atoms with E-state index < -0.39 is 5.82 Å². The minimum Gasteiger partial charge on any atom is -0.494 e. The fourth-order valence-electron chi connectivity index (χ4n) is 2.16. The smallest absolute Gasteiger partial charge is 0.216 e. The number of amides is 1. The monoisotopic (exact) mass is 298 g/mol. The highest BCUT2D eigenvalue weighted by Crippen LogP contribution is 2.36. The molecule has 20 heavy (non-hydrogen) atoms. The summed E-state index contributed by atoms with van der Waals surface area (Å²) in [5, 5.41) is 3.57. The second-order valence-corrected chi connectivity index (χ2v) is 5.09. The van der Waals surface area contributed by atoms with Gasteiger partial charge in [-0.3, -0.25) is 4.79 Å². The molecule has 6 heteroatoms. The molecule has 2 N–H and O–H groups in total. The number of nitrogens with one attached hydrogen (secondary N) is 2. The molecule has 1 atom stereocenters. The first-order valence-electron chi connectivity index (χ1n) is 6.23. The largest absolute Gasteiger partial charge is 0.494 e. The summed E-state index contributed by atoms with van der Waals surface area (Å²) in [5.74, 6) is -0.489. The van der Waals surface area contributed by atoms with E-state index in [1.807, 2.05) is 6.92 Å². The Balaban J connectivity index is 2.45. The third kappa shape index (κ3) is 2.58. The number of ether oxygens (including phenoxy) is 1. The Morgan fingerprint density at radius 3 is 2.90 bits per heavy atom. The normalized spacial score (nSPS) is 12.4. The summed E-state index contributed by atoms with van der Waals surface area (Å²) in [6, 6.07) is 1.62.